The van der Waals surface area contributed by atoms with Gasteiger partial charge in [-0.05, 0) is 43.7 Å². The van der Waals surface area contributed by atoms with Crippen molar-refractivity contribution < 1.29 is 9.18 Å². The minimum atomic E-state index is -0.264. The zero-order valence-electron chi connectivity index (χ0n) is 15.4. The third-order valence-electron chi connectivity index (χ3n) is 5.02. The van der Waals surface area contributed by atoms with Gasteiger partial charge in [-0.15, -0.1) is 0 Å². The highest BCUT2D eigenvalue weighted by molar-refractivity contribution is 5.81. The molecule has 5 heteroatoms. The highest BCUT2D eigenvalue weighted by Crippen LogP contribution is 2.18. The van der Waals surface area contributed by atoms with Crippen molar-refractivity contribution in [3.8, 4) is 0 Å². The van der Waals surface area contributed by atoms with E-state index in [1.165, 1.54) is 23.4 Å². The molecule has 0 radical (unpaired) electrons. The molecule has 4 nitrogen and oxygen atoms in total. The second-order valence-electron chi connectivity index (χ2n) is 6.88. The summed E-state index contributed by atoms with van der Waals surface area (Å²) < 4.78 is 12.9. The van der Waals surface area contributed by atoms with Gasteiger partial charge in [0.25, 0.3) is 0 Å². The van der Waals surface area contributed by atoms with Gasteiger partial charge in [0, 0.05) is 38.4 Å². The first kappa shape index (κ1) is 18.4. The van der Waals surface area contributed by atoms with Crippen LogP contribution in [0.5, 0.6) is 0 Å². The summed E-state index contributed by atoms with van der Waals surface area (Å²) >= 11 is 0. The van der Waals surface area contributed by atoms with E-state index in [1.807, 2.05) is 6.92 Å². The molecule has 1 atom stereocenters. The molecule has 0 aromatic heterocycles. The van der Waals surface area contributed by atoms with Crippen LogP contribution in [-0.2, 0) is 11.3 Å². The molecule has 1 saturated heterocycles. The lowest BCUT2D eigenvalue weighted by Gasteiger charge is -2.38. The summed E-state index contributed by atoms with van der Waals surface area (Å²) in [5.74, 6) is -0.252. The highest BCUT2D eigenvalue weighted by atomic mass is 19.1. The Labute approximate surface area is 154 Å². The summed E-state index contributed by atoms with van der Waals surface area (Å²) in [5.41, 5.74) is 3.40. The molecular weight excluding hydrogens is 329 g/mol. The maximum atomic E-state index is 12.9. The molecule has 1 amide bonds. The SMILES string of the molecule is Cc1ccc(N2CCN([C@H](C)C(=O)NCc3ccc(F)cc3)CC2)cc1. The van der Waals surface area contributed by atoms with Gasteiger partial charge in [-0.2, -0.15) is 0 Å². The fourth-order valence-electron chi connectivity index (χ4n) is 3.23. The summed E-state index contributed by atoms with van der Waals surface area (Å²) in [7, 11) is 0. The maximum absolute atomic E-state index is 12.9. The quantitative estimate of drug-likeness (QED) is 0.896. The van der Waals surface area contributed by atoms with Crippen LogP contribution in [-0.4, -0.2) is 43.0 Å². The topological polar surface area (TPSA) is 35.6 Å². The molecule has 1 heterocycles. The monoisotopic (exact) mass is 355 g/mol. The Hall–Kier alpha value is -2.40. The third-order valence-corrected chi connectivity index (χ3v) is 5.02. The first-order chi connectivity index (χ1) is 12.5. The fraction of sp³-hybridized carbons (Fsp3) is 0.381. The number of halogens is 1. The first-order valence-corrected chi connectivity index (χ1v) is 9.11. The molecule has 1 fully saturated rings. The first-order valence-electron chi connectivity index (χ1n) is 9.11. The number of carbonyl (C=O) groups is 1. The van der Waals surface area contributed by atoms with E-state index in [4.69, 9.17) is 0 Å². The summed E-state index contributed by atoms with van der Waals surface area (Å²) in [6, 6.07) is 14.6. The molecule has 0 saturated carbocycles. The predicted molar refractivity (Wildman–Crippen MR) is 103 cm³/mol. The summed E-state index contributed by atoms with van der Waals surface area (Å²) in [6.45, 7) is 8.01. The molecule has 0 aliphatic carbocycles. The number of hydrogen-bond donors (Lipinski definition) is 1. The standard InChI is InChI=1S/C21H26FN3O/c1-16-3-9-20(10-4-16)25-13-11-24(12-14-25)17(2)21(26)23-15-18-5-7-19(22)8-6-18/h3-10,17H,11-15H2,1-2H3,(H,23,26)/t17-/m1/s1. The molecule has 0 spiro atoms. The van der Waals surface area contributed by atoms with E-state index in [1.54, 1.807) is 12.1 Å². The number of anilines is 1. The number of carbonyl (C=O) groups excluding carboxylic acids is 1. The van der Waals surface area contributed by atoms with E-state index in [-0.39, 0.29) is 17.8 Å². The lowest BCUT2D eigenvalue weighted by molar-refractivity contribution is -0.126. The number of amides is 1. The van der Waals surface area contributed by atoms with Crippen LogP contribution >= 0.6 is 0 Å². The Bertz CT molecular complexity index is 722. The molecule has 0 bridgehead atoms. The molecule has 138 valence electrons. The predicted octanol–water partition coefficient (Wildman–Crippen LogP) is 2.96. The molecule has 1 aliphatic heterocycles. The zero-order valence-corrected chi connectivity index (χ0v) is 15.4. The Balaban J connectivity index is 1.48. The molecule has 2 aromatic rings. The van der Waals surface area contributed by atoms with Crippen molar-refractivity contribution in [2.75, 3.05) is 31.1 Å². The van der Waals surface area contributed by atoms with Gasteiger partial charge in [-0.3, -0.25) is 9.69 Å². The van der Waals surface area contributed by atoms with E-state index >= 15 is 0 Å². The van der Waals surface area contributed by atoms with Crippen LogP contribution < -0.4 is 10.2 Å². The fourth-order valence-corrected chi connectivity index (χ4v) is 3.23. The molecule has 26 heavy (non-hydrogen) atoms. The van der Waals surface area contributed by atoms with Gasteiger partial charge >= 0.3 is 0 Å². The molecule has 2 aromatic carbocycles. The summed E-state index contributed by atoms with van der Waals surface area (Å²) in [5, 5.41) is 2.95. The van der Waals surface area contributed by atoms with Crippen molar-refractivity contribution in [2.45, 2.75) is 26.4 Å². The van der Waals surface area contributed by atoms with Crippen molar-refractivity contribution in [3.63, 3.8) is 0 Å². The molecule has 3 rings (SSSR count). The van der Waals surface area contributed by atoms with Crippen LogP contribution in [0.15, 0.2) is 48.5 Å². The Morgan fingerprint density at radius 1 is 1.04 bits per heavy atom. The average molecular weight is 355 g/mol. The highest BCUT2D eigenvalue weighted by Gasteiger charge is 2.25. The van der Waals surface area contributed by atoms with Gasteiger partial charge in [-0.1, -0.05) is 29.8 Å². The van der Waals surface area contributed by atoms with Crippen molar-refractivity contribution in [1.82, 2.24) is 10.2 Å². The summed E-state index contributed by atoms with van der Waals surface area (Å²) in [4.78, 5) is 17.0. The van der Waals surface area contributed by atoms with Crippen molar-refractivity contribution in [2.24, 2.45) is 0 Å². The van der Waals surface area contributed by atoms with E-state index < -0.39 is 0 Å². The van der Waals surface area contributed by atoms with Gasteiger partial charge in [0.2, 0.25) is 5.91 Å². The Morgan fingerprint density at radius 3 is 2.27 bits per heavy atom. The van der Waals surface area contributed by atoms with Crippen LogP contribution in [0.4, 0.5) is 10.1 Å². The minimum Gasteiger partial charge on any atom is -0.369 e. The lowest BCUT2D eigenvalue weighted by atomic mass is 10.1. The van der Waals surface area contributed by atoms with Gasteiger partial charge < -0.3 is 10.2 Å². The number of nitrogens with one attached hydrogen (secondary N) is 1. The van der Waals surface area contributed by atoms with Crippen LogP contribution in [0.25, 0.3) is 0 Å². The van der Waals surface area contributed by atoms with Gasteiger partial charge in [0.1, 0.15) is 5.82 Å². The van der Waals surface area contributed by atoms with Gasteiger partial charge in [0.05, 0.1) is 6.04 Å². The second kappa shape index (κ2) is 8.32. The number of hydrogen-bond acceptors (Lipinski definition) is 3. The molecule has 0 unspecified atom stereocenters. The van der Waals surface area contributed by atoms with Gasteiger partial charge in [0.15, 0.2) is 0 Å². The van der Waals surface area contributed by atoms with Crippen molar-refractivity contribution >= 4 is 11.6 Å². The largest absolute Gasteiger partial charge is 0.369 e. The van der Waals surface area contributed by atoms with Gasteiger partial charge in [-0.25, -0.2) is 4.39 Å². The zero-order chi connectivity index (χ0) is 18.5. The van der Waals surface area contributed by atoms with Crippen LogP contribution in [0.3, 0.4) is 0 Å². The van der Waals surface area contributed by atoms with E-state index in [0.29, 0.717) is 6.54 Å². The van der Waals surface area contributed by atoms with Crippen LogP contribution in [0, 0.1) is 12.7 Å². The average Bonchev–Trinajstić information content (AvgIpc) is 2.67. The molecular formula is C21H26FN3O. The number of nitrogens with zero attached hydrogens (tertiary/aromatic N) is 2. The number of aryl methyl sites for hydroxylation is 1. The third kappa shape index (κ3) is 4.61. The molecule has 1 N–H and O–H groups in total. The van der Waals surface area contributed by atoms with Crippen molar-refractivity contribution in [3.05, 3.63) is 65.5 Å². The number of benzene rings is 2. The lowest BCUT2D eigenvalue weighted by Crippen LogP contribution is -2.53. The maximum Gasteiger partial charge on any atom is 0.237 e. The Kier molecular flexibility index (Phi) is 5.89. The summed E-state index contributed by atoms with van der Waals surface area (Å²) in [6.07, 6.45) is 0. The van der Waals surface area contributed by atoms with E-state index in [2.05, 4.69) is 46.3 Å². The number of piperazine rings is 1. The van der Waals surface area contributed by atoms with Crippen LogP contribution in [0.1, 0.15) is 18.1 Å². The molecule has 1 aliphatic rings. The minimum absolute atomic E-state index is 0.0121. The smallest absolute Gasteiger partial charge is 0.237 e. The Morgan fingerprint density at radius 2 is 1.65 bits per heavy atom. The van der Waals surface area contributed by atoms with E-state index in [0.717, 1.165) is 31.7 Å². The van der Waals surface area contributed by atoms with Crippen molar-refractivity contribution in [1.29, 1.82) is 0 Å². The second-order valence-corrected chi connectivity index (χ2v) is 6.88. The normalized spacial score (nSPS) is 16.3. The number of rotatable bonds is 5. The van der Waals surface area contributed by atoms with Crippen LogP contribution in [0.2, 0.25) is 0 Å². The van der Waals surface area contributed by atoms with E-state index in [9.17, 15) is 9.18 Å².